The van der Waals surface area contributed by atoms with Gasteiger partial charge in [0.1, 0.15) is 0 Å². The summed E-state index contributed by atoms with van der Waals surface area (Å²) in [7, 11) is 1.81. The van der Waals surface area contributed by atoms with E-state index < -0.39 is 0 Å². The van der Waals surface area contributed by atoms with Crippen molar-refractivity contribution in [2.75, 3.05) is 0 Å². The van der Waals surface area contributed by atoms with E-state index in [-0.39, 0.29) is 5.56 Å². The Bertz CT molecular complexity index is 350. The highest BCUT2D eigenvalue weighted by atomic mass is 16.1. The number of pyridine rings is 1. The number of aromatic nitrogens is 1. The quantitative estimate of drug-likeness (QED) is 0.681. The van der Waals surface area contributed by atoms with E-state index in [4.69, 9.17) is 0 Å². The summed E-state index contributed by atoms with van der Waals surface area (Å²) < 4.78 is 1.67. The second-order valence-electron chi connectivity index (χ2n) is 3.72. The van der Waals surface area contributed by atoms with Crippen LogP contribution in [0.5, 0.6) is 0 Å². The van der Waals surface area contributed by atoms with Crippen LogP contribution in [0, 0.1) is 0 Å². The van der Waals surface area contributed by atoms with Crippen molar-refractivity contribution >= 4 is 0 Å². The first-order valence-corrected chi connectivity index (χ1v) is 4.75. The summed E-state index contributed by atoms with van der Waals surface area (Å²) in [6, 6.07) is 2.02. The average Bonchev–Trinajstić information content (AvgIpc) is 2.09. The molecule has 0 aliphatic carbocycles. The van der Waals surface area contributed by atoms with Gasteiger partial charge in [-0.2, -0.15) is 0 Å². The highest BCUT2D eigenvalue weighted by molar-refractivity contribution is 5.21. The molecule has 0 radical (unpaired) electrons. The zero-order valence-electron chi connectivity index (χ0n) is 8.79. The van der Waals surface area contributed by atoms with Crippen LogP contribution in [0.1, 0.15) is 37.8 Å². The van der Waals surface area contributed by atoms with Crippen LogP contribution in [0.4, 0.5) is 0 Å². The Kier molecular flexibility index (Phi) is 2.91. The summed E-state index contributed by atoms with van der Waals surface area (Å²) >= 11 is 0. The summed E-state index contributed by atoms with van der Waals surface area (Å²) in [6.45, 7) is 6.29. The van der Waals surface area contributed by atoms with Crippen molar-refractivity contribution in [1.82, 2.24) is 4.57 Å². The predicted octanol–water partition coefficient (Wildman–Crippen LogP) is 2.07. The van der Waals surface area contributed by atoms with Crippen molar-refractivity contribution in [2.24, 2.45) is 7.05 Å². The van der Waals surface area contributed by atoms with Gasteiger partial charge in [0, 0.05) is 18.8 Å². The molecule has 0 bridgehead atoms. The van der Waals surface area contributed by atoms with E-state index in [1.54, 1.807) is 4.57 Å². The van der Waals surface area contributed by atoms with Crippen LogP contribution in [0.15, 0.2) is 17.1 Å². The van der Waals surface area contributed by atoms with Crippen LogP contribution in [0.3, 0.4) is 0 Å². The molecule has 0 amide bonds. The van der Waals surface area contributed by atoms with Gasteiger partial charge in [0.15, 0.2) is 0 Å². The van der Waals surface area contributed by atoms with Gasteiger partial charge in [-0.25, -0.2) is 0 Å². The Hall–Kier alpha value is -1.05. The van der Waals surface area contributed by atoms with Crippen LogP contribution >= 0.6 is 0 Å². The smallest absolute Gasteiger partial charge is 0.253 e. The van der Waals surface area contributed by atoms with Crippen LogP contribution in [0.25, 0.3) is 0 Å². The molecule has 0 unspecified atom stereocenters. The third kappa shape index (κ3) is 2.00. The van der Waals surface area contributed by atoms with Gasteiger partial charge in [0.2, 0.25) is 0 Å². The molecule has 0 fully saturated rings. The van der Waals surface area contributed by atoms with Gasteiger partial charge in [-0.15, -0.1) is 0 Å². The van der Waals surface area contributed by atoms with Crippen molar-refractivity contribution in [3.05, 3.63) is 33.7 Å². The Morgan fingerprint density at radius 2 is 2.08 bits per heavy atom. The molecule has 2 heteroatoms. The Morgan fingerprint density at radius 3 is 2.54 bits per heavy atom. The van der Waals surface area contributed by atoms with E-state index in [0.29, 0.717) is 5.92 Å². The molecule has 0 aliphatic rings. The summed E-state index contributed by atoms with van der Waals surface area (Å²) in [5, 5.41) is 0. The Morgan fingerprint density at radius 1 is 1.46 bits per heavy atom. The summed E-state index contributed by atoms with van der Waals surface area (Å²) in [5.41, 5.74) is 2.28. The first-order valence-electron chi connectivity index (χ1n) is 4.75. The minimum Gasteiger partial charge on any atom is -0.318 e. The SMILES string of the molecule is CCc1cc(C(C)C)cn(C)c1=O. The maximum absolute atomic E-state index is 11.5. The van der Waals surface area contributed by atoms with Gasteiger partial charge in [0.25, 0.3) is 5.56 Å². The number of aryl methyl sites for hydroxylation is 2. The van der Waals surface area contributed by atoms with Crippen LogP contribution < -0.4 is 5.56 Å². The number of hydrogen-bond donors (Lipinski definition) is 0. The predicted molar refractivity (Wildman–Crippen MR) is 55.2 cm³/mol. The van der Waals surface area contributed by atoms with Crippen LogP contribution in [-0.4, -0.2) is 4.57 Å². The number of hydrogen-bond acceptors (Lipinski definition) is 1. The van der Waals surface area contributed by atoms with Gasteiger partial charge in [-0.05, 0) is 24.0 Å². The molecule has 0 atom stereocenters. The van der Waals surface area contributed by atoms with Crippen molar-refractivity contribution in [2.45, 2.75) is 33.1 Å². The van der Waals surface area contributed by atoms with Gasteiger partial charge >= 0.3 is 0 Å². The second kappa shape index (κ2) is 3.77. The molecule has 1 heterocycles. The third-order valence-corrected chi connectivity index (χ3v) is 2.33. The lowest BCUT2D eigenvalue weighted by molar-refractivity contribution is 0.778. The summed E-state index contributed by atoms with van der Waals surface area (Å²) in [6.07, 6.45) is 2.74. The first-order chi connectivity index (χ1) is 6.06. The molecule has 0 aliphatic heterocycles. The van der Waals surface area contributed by atoms with Gasteiger partial charge < -0.3 is 4.57 Å². The minimum absolute atomic E-state index is 0.131. The van der Waals surface area contributed by atoms with Crippen molar-refractivity contribution < 1.29 is 0 Å². The molecule has 0 spiro atoms. The normalized spacial score (nSPS) is 10.8. The molecule has 1 aromatic rings. The molecule has 0 N–H and O–H groups in total. The molecule has 2 nitrogen and oxygen atoms in total. The minimum atomic E-state index is 0.131. The zero-order valence-corrected chi connectivity index (χ0v) is 8.79. The topological polar surface area (TPSA) is 22.0 Å². The number of rotatable bonds is 2. The van der Waals surface area contributed by atoms with Gasteiger partial charge in [-0.3, -0.25) is 4.79 Å². The lowest BCUT2D eigenvalue weighted by atomic mass is 10.0. The van der Waals surface area contributed by atoms with E-state index >= 15 is 0 Å². The molecule has 0 aromatic carbocycles. The fraction of sp³-hybridized carbons (Fsp3) is 0.545. The summed E-state index contributed by atoms with van der Waals surface area (Å²) in [4.78, 5) is 11.5. The van der Waals surface area contributed by atoms with E-state index in [9.17, 15) is 4.79 Å². The van der Waals surface area contributed by atoms with Crippen molar-refractivity contribution in [1.29, 1.82) is 0 Å². The van der Waals surface area contributed by atoms with E-state index in [2.05, 4.69) is 13.8 Å². The molecule has 0 saturated carbocycles. The highest BCUT2D eigenvalue weighted by Crippen LogP contribution is 2.13. The molecular formula is C11H17NO. The monoisotopic (exact) mass is 179 g/mol. The molecular weight excluding hydrogens is 162 g/mol. The maximum atomic E-state index is 11.5. The van der Waals surface area contributed by atoms with Gasteiger partial charge in [0.05, 0.1) is 0 Å². The molecule has 13 heavy (non-hydrogen) atoms. The fourth-order valence-electron chi connectivity index (χ4n) is 1.38. The molecule has 1 rings (SSSR count). The van der Waals surface area contributed by atoms with Gasteiger partial charge in [-0.1, -0.05) is 20.8 Å². The lowest BCUT2D eigenvalue weighted by Crippen LogP contribution is -2.21. The van der Waals surface area contributed by atoms with E-state index in [0.717, 1.165) is 12.0 Å². The molecule has 0 saturated heterocycles. The van der Waals surface area contributed by atoms with Crippen LogP contribution in [-0.2, 0) is 13.5 Å². The van der Waals surface area contributed by atoms with Crippen molar-refractivity contribution in [3.8, 4) is 0 Å². The fourth-order valence-corrected chi connectivity index (χ4v) is 1.38. The third-order valence-electron chi connectivity index (χ3n) is 2.33. The average molecular weight is 179 g/mol. The first kappa shape index (κ1) is 10.0. The second-order valence-corrected chi connectivity index (χ2v) is 3.72. The van der Waals surface area contributed by atoms with Crippen molar-refractivity contribution in [3.63, 3.8) is 0 Å². The molecule has 72 valence electrons. The lowest BCUT2D eigenvalue weighted by Gasteiger charge is -2.09. The summed E-state index contributed by atoms with van der Waals surface area (Å²) in [5.74, 6) is 0.483. The largest absolute Gasteiger partial charge is 0.318 e. The standard InChI is InChI=1S/C11H17NO/c1-5-9-6-10(8(2)3)7-12(4)11(9)13/h6-8H,5H2,1-4H3. The Balaban J connectivity index is 3.30. The maximum Gasteiger partial charge on any atom is 0.253 e. The van der Waals surface area contributed by atoms with Crippen LogP contribution in [0.2, 0.25) is 0 Å². The zero-order chi connectivity index (χ0) is 10.0. The highest BCUT2D eigenvalue weighted by Gasteiger charge is 2.05. The Labute approximate surface area is 79.2 Å². The molecule has 1 aromatic heterocycles. The van der Waals surface area contributed by atoms with E-state index in [1.165, 1.54) is 5.56 Å². The van der Waals surface area contributed by atoms with E-state index in [1.807, 2.05) is 26.2 Å². The number of nitrogens with zero attached hydrogens (tertiary/aromatic N) is 1.